The minimum atomic E-state index is -4.45. The van der Waals surface area contributed by atoms with Gasteiger partial charge in [-0.1, -0.05) is 12.1 Å². The van der Waals surface area contributed by atoms with Crippen LogP contribution in [0.15, 0.2) is 30.6 Å². The highest BCUT2D eigenvalue weighted by molar-refractivity contribution is 7.22. The van der Waals surface area contributed by atoms with E-state index in [4.69, 9.17) is 15.5 Å². The van der Waals surface area contributed by atoms with Gasteiger partial charge in [0, 0.05) is 10.6 Å². The number of nitrogens with two attached hydrogens (primary N) is 1. The van der Waals surface area contributed by atoms with Gasteiger partial charge in [-0.25, -0.2) is 14.5 Å². The number of ether oxygens (including phenoxy) is 1. The first kappa shape index (κ1) is 21.6. The fourth-order valence-electron chi connectivity index (χ4n) is 4.57. The zero-order valence-corrected chi connectivity index (χ0v) is 18.4. The number of hydrogen-bond acceptors (Lipinski definition) is 7. The maximum Gasteiger partial charge on any atom is 0.417 e. The maximum atomic E-state index is 13.5. The van der Waals surface area contributed by atoms with Crippen LogP contribution in [0.4, 0.5) is 19.0 Å². The molecule has 0 radical (unpaired) electrons. The highest BCUT2D eigenvalue weighted by Crippen LogP contribution is 2.44. The van der Waals surface area contributed by atoms with Crippen molar-refractivity contribution in [2.24, 2.45) is 5.92 Å². The van der Waals surface area contributed by atoms with E-state index in [2.05, 4.69) is 10.1 Å². The summed E-state index contributed by atoms with van der Waals surface area (Å²) in [6.45, 7) is 0. The Bertz CT molecular complexity index is 1360. The minimum Gasteiger partial charge on any atom is -0.469 e. The van der Waals surface area contributed by atoms with Crippen LogP contribution in [0.1, 0.15) is 43.0 Å². The number of nitrogens with zero attached hydrogens (tertiary/aromatic N) is 4. The predicted octanol–water partition coefficient (Wildman–Crippen LogP) is 5.05. The number of thiophene rings is 1. The van der Waals surface area contributed by atoms with E-state index < -0.39 is 11.7 Å². The monoisotopic (exact) mass is 475 g/mol. The maximum absolute atomic E-state index is 13.5. The number of alkyl halides is 3. The van der Waals surface area contributed by atoms with Gasteiger partial charge in [0.1, 0.15) is 23.4 Å². The number of carbonyl (C=O) groups is 1. The largest absolute Gasteiger partial charge is 0.469 e. The Balaban J connectivity index is 1.60. The van der Waals surface area contributed by atoms with Crippen molar-refractivity contribution in [1.82, 2.24) is 19.6 Å². The molecule has 1 saturated carbocycles. The molecule has 0 aliphatic heterocycles. The molecule has 0 atom stereocenters. The average Bonchev–Trinajstić information content (AvgIpc) is 3.40. The van der Waals surface area contributed by atoms with Crippen LogP contribution >= 0.6 is 11.3 Å². The summed E-state index contributed by atoms with van der Waals surface area (Å²) in [4.78, 5) is 21.3. The number of nitrogen functional groups attached to an aromatic ring is 1. The van der Waals surface area contributed by atoms with Crippen LogP contribution in [-0.2, 0) is 15.7 Å². The van der Waals surface area contributed by atoms with Gasteiger partial charge in [0.25, 0.3) is 0 Å². The van der Waals surface area contributed by atoms with Crippen molar-refractivity contribution in [2.75, 3.05) is 12.8 Å². The summed E-state index contributed by atoms with van der Waals surface area (Å²) >= 11 is 1.03. The van der Waals surface area contributed by atoms with Crippen LogP contribution in [0, 0.1) is 5.92 Å². The molecule has 172 valence electrons. The van der Waals surface area contributed by atoms with Crippen LogP contribution in [0.25, 0.3) is 26.2 Å². The molecule has 0 unspecified atom stereocenters. The summed E-state index contributed by atoms with van der Waals surface area (Å²) in [6, 6.07) is 5.83. The molecule has 0 saturated heterocycles. The van der Waals surface area contributed by atoms with Crippen molar-refractivity contribution in [2.45, 2.75) is 37.8 Å². The quantitative estimate of drug-likeness (QED) is 0.417. The predicted molar refractivity (Wildman–Crippen MR) is 118 cm³/mol. The molecule has 0 bridgehead atoms. The van der Waals surface area contributed by atoms with Crippen molar-refractivity contribution >= 4 is 38.7 Å². The first-order chi connectivity index (χ1) is 15.8. The van der Waals surface area contributed by atoms with Gasteiger partial charge in [0.05, 0.1) is 23.5 Å². The molecule has 1 aliphatic rings. The zero-order valence-electron chi connectivity index (χ0n) is 17.6. The Labute approximate surface area is 190 Å². The molecule has 0 spiro atoms. The van der Waals surface area contributed by atoms with Crippen LogP contribution in [0.5, 0.6) is 0 Å². The topological polar surface area (TPSA) is 95.4 Å². The van der Waals surface area contributed by atoms with Crippen molar-refractivity contribution in [3.8, 4) is 10.6 Å². The van der Waals surface area contributed by atoms with E-state index >= 15 is 0 Å². The number of methoxy groups -OCH3 is 1. The molecule has 1 fully saturated rings. The van der Waals surface area contributed by atoms with Gasteiger partial charge in [-0.2, -0.15) is 18.3 Å². The van der Waals surface area contributed by atoms with Crippen molar-refractivity contribution < 1.29 is 22.7 Å². The van der Waals surface area contributed by atoms with Crippen molar-refractivity contribution in [3.63, 3.8) is 0 Å². The SMILES string of the molecule is COC(=O)C1CCC(c2nc(-c3cc4cccc(C(F)(F)F)c4s3)c3c(N)ncnn23)CC1. The van der Waals surface area contributed by atoms with Gasteiger partial charge in [-0.15, -0.1) is 11.3 Å². The number of imidazole rings is 1. The summed E-state index contributed by atoms with van der Waals surface area (Å²) in [6.07, 6.45) is -0.354. The van der Waals surface area contributed by atoms with E-state index in [0.717, 1.165) is 17.4 Å². The van der Waals surface area contributed by atoms with Crippen LogP contribution in [0.2, 0.25) is 0 Å². The summed E-state index contributed by atoms with van der Waals surface area (Å²) in [5, 5.41) is 4.83. The molecule has 4 aromatic rings. The molecule has 0 amide bonds. The highest BCUT2D eigenvalue weighted by Gasteiger charge is 2.34. The van der Waals surface area contributed by atoms with Crippen LogP contribution in [0.3, 0.4) is 0 Å². The van der Waals surface area contributed by atoms with Crippen molar-refractivity contribution in [1.29, 1.82) is 0 Å². The van der Waals surface area contributed by atoms with Gasteiger partial charge in [-0.3, -0.25) is 4.79 Å². The fourth-order valence-corrected chi connectivity index (χ4v) is 5.75. The summed E-state index contributed by atoms with van der Waals surface area (Å²) in [5.41, 5.74) is 6.43. The number of esters is 1. The molecular weight excluding hydrogens is 455 g/mol. The molecule has 3 heterocycles. The van der Waals surface area contributed by atoms with E-state index in [-0.39, 0.29) is 28.3 Å². The van der Waals surface area contributed by atoms with Gasteiger partial charge in [0.2, 0.25) is 0 Å². The molecule has 5 rings (SSSR count). The van der Waals surface area contributed by atoms with Crippen LogP contribution < -0.4 is 5.73 Å². The number of carbonyl (C=O) groups excluding carboxylic acids is 1. The Kier molecular flexibility index (Phi) is 5.23. The van der Waals surface area contributed by atoms with Gasteiger partial charge >= 0.3 is 12.1 Å². The van der Waals surface area contributed by atoms with Gasteiger partial charge in [0.15, 0.2) is 5.82 Å². The molecule has 33 heavy (non-hydrogen) atoms. The second kappa shape index (κ2) is 7.98. The first-order valence-electron chi connectivity index (χ1n) is 10.4. The summed E-state index contributed by atoms with van der Waals surface area (Å²) < 4.78 is 47.2. The van der Waals surface area contributed by atoms with E-state index in [9.17, 15) is 18.0 Å². The number of anilines is 1. The second-order valence-electron chi connectivity index (χ2n) is 8.13. The third-order valence-electron chi connectivity index (χ3n) is 6.20. The molecule has 1 aliphatic carbocycles. The molecule has 11 heteroatoms. The standard InChI is InChI=1S/C22H20F3N5O2S/c1-32-21(31)12-7-5-11(6-8-12)20-29-16(17-19(26)27-10-28-30(17)20)15-9-13-3-2-4-14(18(13)33-15)22(23,24)25/h2-4,9-12H,5-8H2,1H3,(H2,26,27,28). The van der Waals surface area contributed by atoms with Crippen LogP contribution in [-0.4, -0.2) is 32.7 Å². The second-order valence-corrected chi connectivity index (χ2v) is 9.18. The van der Waals surface area contributed by atoms with E-state index in [1.807, 2.05) is 0 Å². The molecule has 3 aromatic heterocycles. The average molecular weight is 475 g/mol. The molecular formula is C22H20F3N5O2S. The fraction of sp³-hybridized carbons (Fsp3) is 0.364. The third kappa shape index (κ3) is 3.69. The lowest BCUT2D eigenvalue weighted by molar-refractivity contribution is -0.146. The zero-order chi connectivity index (χ0) is 23.3. The Morgan fingerprint density at radius 2 is 2.00 bits per heavy atom. The minimum absolute atomic E-state index is 0.0292. The smallest absolute Gasteiger partial charge is 0.417 e. The molecule has 2 N–H and O–H groups in total. The summed E-state index contributed by atoms with van der Waals surface area (Å²) in [7, 11) is 1.39. The number of hydrogen-bond donors (Lipinski definition) is 1. The number of halogens is 3. The van der Waals surface area contributed by atoms with E-state index in [0.29, 0.717) is 53.0 Å². The van der Waals surface area contributed by atoms with Gasteiger partial charge in [-0.05, 0) is 43.2 Å². The molecule has 7 nitrogen and oxygen atoms in total. The Morgan fingerprint density at radius 3 is 2.70 bits per heavy atom. The van der Waals surface area contributed by atoms with Gasteiger partial charge < -0.3 is 10.5 Å². The Hall–Kier alpha value is -3.21. The lowest BCUT2D eigenvalue weighted by Gasteiger charge is -2.25. The Morgan fingerprint density at radius 1 is 1.24 bits per heavy atom. The third-order valence-corrected chi connectivity index (χ3v) is 7.39. The number of benzene rings is 1. The van der Waals surface area contributed by atoms with E-state index in [1.165, 1.54) is 19.5 Å². The highest BCUT2D eigenvalue weighted by atomic mass is 32.1. The first-order valence-corrected chi connectivity index (χ1v) is 11.3. The lowest BCUT2D eigenvalue weighted by Crippen LogP contribution is -2.23. The number of rotatable bonds is 3. The number of aromatic nitrogens is 4. The normalized spacial score (nSPS) is 19.3. The van der Waals surface area contributed by atoms with Crippen molar-refractivity contribution in [3.05, 3.63) is 42.0 Å². The molecule has 1 aromatic carbocycles. The lowest BCUT2D eigenvalue weighted by atomic mass is 9.81. The number of fused-ring (bicyclic) bond motifs is 2. The summed E-state index contributed by atoms with van der Waals surface area (Å²) in [5.74, 6) is 0.558. The van der Waals surface area contributed by atoms with E-state index in [1.54, 1.807) is 16.6 Å².